The lowest BCUT2D eigenvalue weighted by Crippen LogP contribution is -2.15. The highest BCUT2D eigenvalue weighted by atomic mass is 79.9. The smallest absolute Gasteiger partial charge is 0.175 e. The maximum absolute atomic E-state index is 11.4. The third-order valence-electron chi connectivity index (χ3n) is 3.36. The fourth-order valence-electron chi connectivity index (χ4n) is 2.16. The van der Waals surface area contributed by atoms with Crippen molar-refractivity contribution < 1.29 is 22.6 Å². The van der Waals surface area contributed by atoms with Gasteiger partial charge in [-0.15, -0.1) is 0 Å². The topological polar surface area (TPSA) is 61.8 Å². The molecule has 1 heterocycles. The molecule has 0 amide bonds. The Morgan fingerprint density at radius 1 is 1.09 bits per heavy atom. The van der Waals surface area contributed by atoms with E-state index in [0.717, 1.165) is 10.0 Å². The number of rotatable bonds is 4. The van der Waals surface area contributed by atoms with Crippen LogP contribution in [0.5, 0.6) is 17.2 Å². The standard InChI is InChI=1S/C16H15BrO5S/c1-23(18,19)13-4-2-12(3-5-13)22-10-11-8-15-16(9-14(11)17)21-7-6-20-15/h2-5,8-9H,6-7,10H2,1H3. The average Bonchev–Trinajstić information content (AvgIpc) is 2.52. The fraction of sp³-hybridized carbons (Fsp3) is 0.250. The maximum atomic E-state index is 11.4. The van der Waals surface area contributed by atoms with E-state index in [2.05, 4.69) is 15.9 Å². The van der Waals surface area contributed by atoms with E-state index in [0.29, 0.717) is 37.1 Å². The highest BCUT2D eigenvalue weighted by Gasteiger charge is 2.15. The van der Waals surface area contributed by atoms with E-state index in [1.165, 1.54) is 18.4 Å². The van der Waals surface area contributed by atoms with Gasteiger partial charge in [0, 0.05) is 16.3 Å². The second kappa shape index (κ2) is 6.41. The summed E-state index contributed by atoms with van der Waals surface area (Å²) in [6, 6.07) is 10.1. The van der Waals surface area contributed by atoms with Gasteiger partial charge in [0.2, 0.25) is 0 Å². The summed E-state index contributed by atoms with van der Waals surface area (Å²) < 4.78 is 40.5. The highest BCUT2D eigenvalue weighted by Crippen LogP contribution is 2.36. The molecule has 3 rings (SSSR count). The van der Waals surface area contributed by atoms with E-state index in [1.807, 2.05) is 12.1 Å². The predicted molar refractivity (Wildman–Crippen MR) is 89.0 cm³/mol. The lowest BCUT2D eigenvalue weighted by Gasteiger charge is -2.20. The van der Waals surface area contributed by atoms with Crippen molar-refractivity contribution >= 4 is 25.8 Å². The highest BCUT2D eigenvalue weighted by molar-refractivity contribution is 9.10. The first kappa shape index (κ1) is 16.1. The Morgan fingerprint density at radius 3 is 2.30 bits per heavy atom. The lowest BCUT2D eigenvalue weighted by atomic mass is 10.2. The zero-order valence-electron chi connectivity index (χ0n) is 12.4. The van der Waals surface area contributed by atoms with E-state index in [1.54, 1.807) is 12.1 Å². The molecular weight excluding hydrogens is 384 g/mol. The molecule has 1 aliphatic heterocycles. The van der Waals surface area contributed by atoms with E-state index in [-0.39, 0.29) is 4.90 Å². The van der Waals surface area contributed by atoms with Crippen molar-refractivity contribution in [3.63, 3.8) is 0 Å². The van der Waals surface area contributed by atoms with Gasteiger partial charge in [-0.25, -0.2) is 8.42 Å². The zero-order valence-corrected chi connectivity index (χ0v) is 14.8. The van der Waals surface area contributed by atoms with E-state index in [9.17, 15) is 8.42 Å². The van der Waals surface area contributed by atoms with Crippen molar-refractivity contribution in [2.24, 2.45) is 0 Å². The first-order valence-electron chi connectivity index (χ1n) is 6.94. The largest absolute Gasteiger partial charge is 0.489 e. The Morgan fingerprint density at radius 2 is 1.70 bits per heavy atom. The summed E-state index contributed by atoms with van der Waals surface area (Å²) in [5, 5.41) is 0. The number of halogens is 1. The third kappa shape index (κ3) is 3.79. The number of benzene rings is 2. The van der Waals surface area contributed by atoms with Gasteiger partial charge < -0.3 is 14.2 Å². The van der Waals surface area contributed by atoms with Gasteiger partial charge >= 0.3 is 0 Å². The second-order valence-corrected chi connectivity index (χ2v) is 7.99. The molecule has 0 fully saturated rings. The van der Waals surface area contributed by atoms with Crippen LogP contribution < -0.4 is 14.2 Å². The van der Waals surface area contributed by atoms with Crippen LogP contribution in [0.15, 0.2) is 45.8 Å². The summed E-state index contributed by atoms with van der Waals surface area (Å²) in [5.41, 5.74) is 0.918. The predicted octanol–water partition coefficient (Wildman–Crippen LogP) is 3.20. The summed E-state index contributed by atoms with van der Waals surface area (Å²) >= 11 is 3.49. The van der Waals surface area contributed by atoms with Crippen molar-refractivity contribution in [2.45, 2.75) is 11.5 Å². The second-order valence-electron chi connectivity index (χ2n) is 5.12. The molecule has 122 valence electrons. The summed E-state index contributed by atoms with van der Waals surface area (Å²) in [6.45, 7) is 1.40. The quantitative estimate of drug-likeness (QED) is 0.790. The van der Waals surface area contributed by atoms with Crippen LogP contribution in [0.2, 0.25) is 0 Å². The van der Waals surface area contributed by atoms with Crippen molar-refractivity contribution in [1.29, 1.82) is 0 Å². The Labute approximate surface area is 143 Å². The molecule has 1 aliphatic rings. The van der Waals surface area contributed by atoms with Crippen molar-refractivity contribution in [1.82, 2.24) is 0 Å². The van der Waals surface area contributed by atoms with Gasteiger partial charge in [-0.1, -0.05) is 15.9 Å². The molecule has 2 aromatic carbocycles. The van der Waals surface area contributed by atoms with Crippen LogP contribution in [-0.4, -0.2) is 27.9 Å². The number of ether oxygens (including phenoxy) is 3. The summed E-state index contributed by atoms with van der Waals surface area (Å²) in [6.07, 6.45) is 1.18. The van der Waals surface area contributed by atoms with Crippen LogP contribution in [0.4, 0.5) is 0 Å². The average molecular weight is 399 g/mol. The molecule has 0 N–H and O–H groups in total. The number of sulfone groups is 1. The molecule has 0 aliphatic carbocycles. The van der Waals surface area contributed by atoms with Gasteiger partial charge in [-0.2, -0.15) is 0 Å². The van der Waals surface area contributed by atoms with Crippen LogP contribution >= 0.6 is 15.9 Å². The van der Waals surface area contributed by atoms with Gasteiger partial charge in [0.15, 0.2) is 21.3 Å². The number of fused-ring (bicyclic) bond motifs is 1. The molecule has 5 nitrogen and oxygen atoms in total. The van der Waals surface area contributed by atoms with Crippen molar-refractivity contribution in [3.8, 4) is 17.2 Å². The van der Waals surface area contributed by atoms with Gasteiger partial charge in [-0.05, 0) is 36.4 Å². The monoisotopic (exact) mass is 398 g/mol. The number of hydrogen-bond donors (Lipinski definition) is 0. The van der Waals surface area contributed by atoms with Gasteiger partial charge in [0.1, 0.15) is 25.6 Å². The van der Waals surface area contributed by atoms with Crippen LogP contribution in [-0.2, 0) is 16.4 Å². The van der Waals surface area contributed by atoms with E-state index < -0.39 is 9.84 Å². The zero-order chi connectivity index (χ0) is 16.4. The summed E-state index contributed by atoms with van der Waals surface area (Å²) in [7, 11) is -3.20. The minimum atomic E-state index is -3.20. The summed E-state index contributed by atoms with van der Waals surface area (Å²) in [5.74, 6) is 2.01. The van der Waals surface area contributed by atoms with Crippen LogP contribution in [0.25, 0.3) is 0 Å². The fourth-order valence-corrected chi connectivity index (χ4v) is 3.23. The van der Waals surface area contributed by atoms with E-state index in [4.69, 9.17) is 14.2 Å². The molecule has 0 aromatic heterocycles. The molecule has 2 aromatic rings. The maximum Gasteiger partial charge on any atom is 0.175 e. The van der Waals surface area contributed by atoms with Crippen LogP contribution in [0.3, 0.4) is 0 Å². The van der Waals surface area contributed by atoms with Crippen molar-refractivity contribution in [3.05, 3.63) is 46.4 Å². The van der Waals surface area contributed by atoms with Gasteiger partial charge in [0.05, 0.1) is 4.90 Å². The van der Waals surface area contributed by atoms with E-state index >= 15 is 0 Å². The van der Waals surface area contributed by atoms with Crippen LogP contribution in [0, 0.1) is 0 Å². The Bertz CT molecular complexity index is 815. The molecule has 0 saturated carbocycles. The van der Waals surface area contributed by atoms with Gasteiger partial charge in [0.25, 0.3) is 0 Å². The SMILES string of the molecule is CS(=O)(=O)c1ccc(OCc2cc3c(cc2Br)OCCO3)cc1. The Kier molecular flexibility index (Phi) is 4.50. The molecule has 0 bridgehead atoms. The Balaban J connectivity index is 1.73. The Hall–Kier alpha value is -1.73. The molecule has 0 radical (unpaired) electrons. The molecular formula is C16H15BrO5S. The first-order chi connectivity index (χ1) is 10.9. The van der Waals surface area contributed by atoms with Crippen molar-refractivity contribution in [2.75, 3.05) is 19.5 Å². The molecule has 0 saturated heterocycles. The molecule has 23 heavy (non-hydrogen) atoms. The minimum Gasteiger partial charge on any atom is -0.489 e. The van der Waals surface area contributed by atoms with Crippen LogP contribution in [0.1, 0.15) is 5.56 Å². The van der Waals surface area contributed by atoms with Gasteiger partial charge in [-0.3, -0.25) is 0 Å². The third-order valence-corrected chi connectivity index (χ3v) is 5.22. The molecule has 7 heteroatoms. The first-order valence-corrected chi connectivity index (χ1v) is 9.63. The summed E-state index contributed by atoms with van der Waals surface area (Å²) in [4.78, 5) is 0.269. The molecule has 0 spiro atoms. The molecule has 0 unspecified atom stereocenters. The minimum absolute atomic E-state index is 0.269. The lowest BCUT2D eigenvalue weighted by molar-refractivity contribution is 0.171. The number of hydrogen-bond acceptors (Lipinski definition) is 5. The normalized spacial score (nSPS) is 13.7. The molecule has 0 atom stereocenters.